The summed E-state index contributed by atoms with van der Waals surface area (Å²) in [5.41, 5.74) is 1.84. The van der Waals surface area contributed by atoms with Crippen molar-refractivity contribution in [2.45, 2.75) is 39.3 Å². The number of carbonyl (C=O) groups excluding carboxylic acids is 2. The molecule has 11 heteroatoms. The van der Waals surface area contributed by atoms with Crippen LogP contribution in [0.1, 0.15) is 39.7 Å². The predicted molar refractivity (Wildman–Crippen MR) is 107 cm³/mol. The first-order valence-corrected chi connectivity index (χ1v) is 9.73. The zero-order valence-electron chi connectivity index (χ0n) is 17.2. The predicted octanol–water partition coefficient (Wildman–Crippen LogP) is 1.65. The maximum atomic E-state index is 13.9. The second kappa shape index (κ2) is 7.89. The third-order valence-corrected chi connectivity index (χ3v) is 5.40. The molecule has 0 bridgehead atoms. The van der Waals surface area contributed by atoms with Crippen LogP contribution < -0.4 is 10.2 Å². The summed E-state index contributed by atoms with van der Waals surface area (Å²) >= 11 is 0. The fourth-order valence-corrected chi connectivity index (χ4v) is 3.65. The molecule has 3 aromatic rings. The number of rotatable bonds is 4. The Morgan fingerprint density at radius 1 is 1.32 bits per heavy atom. The fraction of sp³-hybridized carbons (Fsp3) is 0.350. The number of amides is 2. The first kappa shape index (κ1) is 20.6. The molecule has 162 valence electrons. The molecular weight excluding hydrogens is 408 g/mol. The van der Waals surface area contributed by atoms with Crippen LogP contribution in [0.4, 0.5) is 14.6 Å². The van der Waals surface area contributed by atoms with Gasteiger partial charge in [0.1, 0.15) is 17.7 Å². The van der Waals surface area contributed by atoms with Crippen LogP contribution >= 0.6 is 0 Å². The average Bonchev–Trinajstić information content (AvgIpc) is 3.29. The van der Waals surface area contributed by atoms with Gasteiger partial charge < -0.3 is 5.32 Å². The van der Waals surface area contributed by atoms with E-state index < -0.39 is 23.6 Å². The average molecular weight is 429 g/mol. The molecule has 0 unspecified atom stereocenters. The number of hydrogen-bond donors (Lipinski definition) is 2. The molecule has 2 amide bonds. The monoisotopic (exact) mass is 429 g/mol. The van der Waals surface area contributed by atoms with Crippen molar-refractivity contribution in [1.82, 2.24) is 30.3 Å². The maximum absolute atomic E-state index is 13.9. The molecule has 1 aliphatic rings. The molecular formula is C20H21F2N7O2. The summed E-state index contributed by atoms with van der Waals surface area (Å²) in [4.78, 5) is 31.1. The second-order valence-corrected chi connectivity index (χ2v) is 7.46. The summed E-state index contributed by atoms with van der Waals surface area (Å²) in [6, 6.07) is 3.06. The Labute approximate surface area is 176 Å². The minimum absolute atomic E-state index is 0.0608. The molecule has 0 fully saturated rings. The molecule has 3 heterocycles. The van der Waals surface area contributed by atoms with Gasteiger partial charge in [-0.15, -0.1) is 5.10 Å². The van der Waals surface area contributed by atoms with Gasteiger partial charge in [0.25, 0.3) is 11.8 Å². The first-order valence-electron chi connectivity index (χ1n) is 9.73. The van der Waals surface area contributed by atoms with E-state index in [2.05, 4.69) is 25.6 Å². The number of aromatic amines is 1. The SMILES string of the molecule is Cc1nn2c(c1C)N(C)C(=O)[C@@H](NC(=O)c1n[nH]c(Cc3cccc(F)c3F)n1)CC2. The minimum atomic E-state index is -0.972. The highest BCUT2D eigenvalue weighted by Crippen LogP contribution is 2.26. The number of H-pyrrole nitrogens is 1. The molecule has 0 aliphatic carbocycles. The van der Waals surface area contributed by atoms with Crippen LogP contribution in [0.15, 0.2) is 18.2 Å². The third kappa shape index (κ3) is 3.78. The fourth-order valence-electron chi connectivity index (χ4n) is 3.65. The lowest BCUT2D eigenvalue weighted by molar-refractivity contribution is -0.120. The number of nitrogens with one attached hydrogen (secondary N) is 2. The highest BCUT2D eigenvalue weighted by molar-refractivity contribution is 6.01. The highest BCUT2D eigenvalue weighted by atomic mass is 19.2. The Morgan fingerprint density at radius 2 is 2.10 bits per heavy atom. The number of aryl methyl sites for hydroxylation is 2. The van der Waals surface area contributed by atoms with Gasteiger partial charge in [0.2, 0.25) is 5.82 Å². The summed E-state index contributed by atoms with van der Waals surface area (Å²) in [6.07, 6.45) is 0.295. The van der Waals surface area contributed by atoms with Crippen LogP contribution in [0.2, 0.25) is 0 Å². The molecule has 9 nitrogen and oxygen atoms in total. The number of likely N-dealkylation sites (N-methyl/N-ethyl adjacent to an activating group) is 1. The Balaban J connectivity index is 1.46. The lowest BCUT2D eigenvalue weighted by atomic mass is 10.1. The molecule has 0 saturated carbocycles. The van der Waals surface area contributed by atoms with Gasteiger partial charge in [0.15, 0.2) is 11.6 Å². The van der Waals surface area contributed by atoms with E-state index in [0.29, 0.717) is 18.8 Å². The maximum Gasteiger partial charge on any atom is 0.291 e. The van der Waals surface area contributed by atoms with Gasteiger partial charge in [-0.3, -0.25) is 19.6 Å². The quantitative estimate of drug-likeness (QED) is 0.656. The molecule has 1 aromatic carbocycles. The smallest absolute Gasteiger partial charge is 0.291 e. The van der Waals surface area contributed by atoms with E-state index in [-0.39, 0.29) is 29.5 Å². The summed E-state index contributed by atoms with van der Waals surface area (Å²) in [6.45, 7) is 4.24. The molecule has 31 heavy (non-hydrogen) atoms. The lowest BCUT2D eigenvalue weighted by Crippen LogP contribution is -2.47. The van der Waals surface area contributed by atoms with Crippen molar-refractivity contribution in [1.29, 1.82) is 0 Å². The standard InChI is InChI=1S/C20H21F2N7O2/c1-10-11(2)27-29-8-7-14(20(31)28(3)19(10)29)23-18(30)17-24-15(25-26-17)9-12-5-4-6-13(21)16(12)22/h4-6,14H,7-9H2,1-3H3,(H,23,30)(H,24,25,26)/t14-/m0/s1. The largest absolute Gasteiger partial charge is 0.337 e. The number of aromatic nitrogens is 5. The normalized spacial score (nSPS) is 16.2. The van der Waals surface area contributed by atoms with Crippen LogP contribution in [0.25, 0.3) is 0 Å². The van der Waals surface area contributed by atoms with Crippen molar-refractivity contribution >= 4 is 17.6 Å². The number of carbonyl (C=O) groups is 2. The number of nitrogens with zero attached hydrogens (tertiary/aromatic N) is 5. The topological polar surface area (TPSA) is 109 Å². The Bertz CT molecular complexity index is 1170. The van der Waals surface area contributed by atoms with E-state index in [9.17, 15) is 18.4 Å². The van der Waals surface area contributed by atoms with Gasteiger partial charge in [-0.05, 0) is 31.9 Å². The third-order valence-electron chi connectivity index (χ3n) is 5.40. The van der Waals surface area contributed by atoms with Crippen LogP contribution in [0, 0.1) is 25.5 Å². The molecule has 2 aromatic heterocycles. The Hall–Kier alpha value is -3.63. The Morgan fingerprint density at radius 3 is 2.87 bits per heavy atom. The van der Waals surface area contributed by atoms with Crippen molar-refractivity contribution in [3.63, 3.8) is 0 Å². The molecule has 2 N–H and O–H groups in total. The van der Waals surface area contributed by atoms with Crippen LogP contribution in [-0.4, -0.2) is 49.9 Å². The molecule has 0 spiro atoms. The van der Waals surface area contributed by atoms with Gasteiger partial charge in [0.05, 0.1) is 5.69 Å². The van der Waals surface area contributed by atoms with Crippen molar-refractivity contribution in [3.05, 3.63) is 58.3 Å². The molecule has 1 atom stereocenters. The van der Waals surface area contributed by atoms with Crippen molar-refractivity contribution in [3.8, 4) is 0 Å². The number of fused-ring (bicyclic) bond motifs is 1. The summed E-state index contributed by atoms with van der Waals surface area (Å²) in [5, 5.41) is 13.5. The number of halogens is 2. The summed E-state index contributed by atoms with van der Waals surface area (Å²) in [5.74, 6) is -2.12. The zero-order chi connectivity index (χ0) is 22.3. The van der Waals surface area contributed by atoms with Crippen LogP contribution in [0.3, 0.4) is 0 Å². The zero-order valence-corrected chi connectivity index (χ0v) is 17.2. The summed E-state index contributed by atoms with van der Waals surface area (Å²) in [7, 11) is 1.64. The van der Waals surface area contributed by atoms with E-state index in [0.717, 1.165) is 17.3 Å². The molecule has 4 rings (SSSR count). The molecule has 1 aliphatic heterocycles. The van der Waals surface area contributed by atoms with Gasteiger partial charge in [0, 0.05) is 25.6 Å². The van der Waals surface area contributed by atoms with Crippen molar-refractivity contribution < 1.29 is 18.4 Å². The van der Waals surface area contributed by atoms with E-state index in [4.69, 9.17) is 0 Å². The van der Waals surface area contributed by atoms with Crippen molar-refractivity contribution in [2.75, 3.05) is 11.9 Å². The highest BCUT2D eigenvalue weighted by Gasteiger charge is 2.32. The minimum Gasteiger partial charge on any atom is -0.337 e. The van der Waals surface area contributed by atoms with E-state index in [1.807, 2.05) is 13.8 Å². The van der Waals surface area contributed by atoms with Gasteiger partial charge in [-0.1, -0.05) is 12.1 Å². The Kier molecular flexibility index (Phi) is 5.25. The van der Waals surface area contributed by atoms with E-state index >= 15 is 0 Å². The first-order chi connectivity index (χ1) is 14.8. The van der Waals surface area contributed by atoms with Crippen molar-refractivity contribution in [2.24, 2.45) is 0 Å². The number of anilines is 1. The number of hydrogen-bond acceptors (Lipinski definition) is 5. The van der Waals surface area contributed by atoms with Gasteiger partial charge in [-0.2, -0.15) is 5.10 Å². The van der Waals surface area contributed by atoms with Gasteiger partial charge in [-0.25, -0.2) is 18.4 Å². The van der Waals surface area contributed by atoms with Crippen LogP contribution in [-0.2, 0) is 17.8 Å². The number of benzene rings is 1. The summed E-state index contributed by atoms with van der Waals surface area (Å²) < 4.78 is 29.0. The van der Waals surface area contributed by atoms with Crippen LogP contribution in [0.5, 0.6) is 0 Å². The van der Waals surface area contributed by atoms with Gasteiger partial charge >= 0.3 is 0 Å². The van der Waals surface area contributed by atoms with E-state index in [1.165, 1.54) is 17.0 Å². The second-order valence-electron chi connectivity index (χ2n) is 7.46. The molecule has 0 radical (unpaired) electrons. The lowest BCUT2D eigenvalue weighted by Gasteiger charge is -2.20. The molecule has 0 saturated heterocycles. The van der Waals surface area contributed by atoms with E-state index in [1.54, 1.807) is 11.7 Å².